The highest BCUT2D eigenvalue weighted by molar-refractivity contribution is 6.13. The number of furan rings is 1. The highest BCUT2D eigenvalue weighted by Gasteiger charge is 2.25. The lowest BCUT2D eigenvalue weighted by atomic mass is 9.87. The molecule has 5 nitrogen and oxygen atoms in total. The van der Waals surface area contributed by atoms with Crippen LogP contribution in [0.1, 0.15) is 42.3 Å². The zero-order chi connectivity index (χ0) is 24.6. The summed E-state index contributed by atoms with van der Waals surface area (Å²) >= 11 is 0. The smallest absolute Gasteiger partial charge is 0.290 e. The van der Waals surface area contributed by atoms with Gasteiger partial charge in [-0.1, -0.05) is 75.4 Å². The Labute approximate surface area is 202 Å². The number of hydrogen-bond acceptors (Lipinski definition) is 5. The molecule has 0 N–H and O–H groups in total. The third-order valence-corrected chi connectivity index (χ3v) is 5.80. The normalized spacial score (nSPS) is 11.5. The van der Waals surface area contributed by atoms with Crippen LogP contribution in [0.2, 0.25) is 0 Å². The Morgan fingerprint density at radius 1 is 0.771 bits per heavy atom. The van der Waals surface area contributed by atoms with Crippen LogP contribution in [0.5, 0.6) is 11.7 Å². The van der Waals surface area contributed by atoms with E-state index < -0.39 is 11.2 Å². The van der Waals surface area contributed by atoms with Gasteiger partial charge in [-0.3, -0.25) is 9.59 Å². The van der Waals surface area contributed by atoms with Crippen molar-refractivity contribution >= 4 is 16.8 Å². The number of ketones is 1. The van der Waals surface area contributed by atoms with Crippen LogP contribution in [0, 0.1) is 0 Å². The predicted molar refractivity (Wildman–Crippen MR) is 135 cm³/mol. The van der Waals surface area contributed by atoms with Gasteiger partial charge in [-0.25, -0.2) is 0 Å². The first-order valence-electron chi connectivity index (χ1n) is 11.4. The van der Waals surface area contributed by atoms with Crippen molar-refractivity contribution in [2.24, 2.45) is 0 Å². The number of ether oxygens (including phenoxy) is 1. The van der Waals surface area contributed by atoms with Gasteiger partial charge in [0.1, 0.15) is 16.9 Å². The molecule has 0 saturated heterocycles. The van der Waals surface area contributed by atoms with Crippen molar-refractivity contribution in [1.29, 1.82) is 0 Å². The summed E-state index contributed by atoms with van der Waals surface area (Å²) in [7, 11) is 0. The quantitative estimate of drug-likeness (QED) is 0.254. The molecule has 0 saturated carbocycles. The number of carbonyl (C=O) groups excluding carboxylic acids is 1. The molecule has 0 amide bonds. The molecule has 0 fully saturated rings. The Kier molecular flexibility index (Phi) is 5.61. The lowest BCUT2D eigenvalue weighted by Gasteiger charge is -2.18. The van der Waals surface area contributed by atoms with Crippen LogP contribution in [0.3, 0.4) is 0 Å². The topological polar surface area (TPSA) is 69.7 Å². The molecule has 0 unspecified atom stereocenters. The summed E-state index contributed by atoms with van der Waals surface area (Å²) < 4.78 is 17.8. The molecule has 35 heavy (non-hydrogen) atoms. The summed E-state index contributed by atoms with van der Waals surface area (Å²) in [5.74, 6) is 0.697. The van der Waals surface area contributed by atoms with Gasteiger partial charge >= 0.3 is 0 Å². The van der Waals surface area contributed by atoms with Gasteiger partial charge in [0, 0.05) is 11.6 Å². The molecule has 0 radical (unpaired) electrons. The highest BCUT2D eigenvalue weighted by atomic mass is 16.6. The van der Waals surface area contributed by atoms with Crippen molar-refractivity contribution in [2.75, 3.05) is 0 Å². The lowest BCUT2D eigenvalue weighted by molar-refractivity contribution is 0.103. The lowest BCUT2D eigenvalue weighted by Crippen LogP contribution is -2.17. The molecule has 0 spiro atoms. The minimum atomic E-state index is -0.434. The predicted octanol–water partition coefficient (Wildman–Crippen LogP) is 7.37. The maximum absolute atomic E-state index is 13.4. The summed E-state index contributed by atoms with van der Waals surface area (Å²) in [5.41, 5.74) is 1.49. The van der Waals surface area contributed by atoms with E-state index in [1.807, 2.05) is 30.3 Å². The maximum atomic E-state index is 13.4. The second kappa shape index (κ2) is 8.76. The van der Waals surface area contributed by atoms with E-state index in [0.717, 1.165) is 0 Å². The number of carbonyl (C=O) groups is 1. The SMILES string of the molecule is CC(C)(C)c1ccc(Oc2ccc(-c3oc4ccccc4c(=O)c3C(=O)c3ccccc3)o2)cc1. The van der Waals surface area contributed by atoms with Crippen molar-refractivity contribution in [3.8, 4) is 23.2 Å². The Hall–Kier alpha value is -4.38. The zero-order valence-corrected chi connectivity index (χ0v) is 19.7. The standard InChI is InChI=1S/C30H24O5/c1-30(2,3)20-13-15-21(16-14-20)33-25-18-17-24(34-25)29-26(27(31)19-9-5-4-6-10-19)28(32)22-11-7-8-12-23(22)35-29/h4-18H,1-3H3. The van der Waals surface area contributed by atoms with Crippen LogP contribution in [0.4, 0.5) is 0 Å². The average Bonchev–Trinajstić information content (AvgIpc) is 3.32. The van der Waals surface area contributed by atoms with E-state index in [4.69, 9.17) is 13.6 Å². The van der Waals surface area contributed by atoms with Crippen LogP contribution in [0.15, 0.2) is 105 Å². The minimum absolute atomic E-state index is 0.0334. The molecule has 0 aliphatic carbocycles. The van der Waals surface area contributed by atoms with E-state index >= 15 is 0 Å². The number of benzene rings is 3. The number of rotatable bonds is 5. The molecular formula is C30H24O5. The fourth-order valence-electron chi connectivity index (χ4n) is 3.89. The average molecular weight is 465 g/mol. The maximum Gasteiger partial charge on any atom is 0.290 e. The van der Waals surface area contributed by atoms with E-state index in [1.165, 1.54) is 5.56 Å². The Bertz CT molecular complexity index is 1570. The van der Waals surface area contributed by atoms with Crippen LogP contribution in [-0.2, 0) is 5.41 Å². The largest absolute Gasteiger partial charge is 0.452 e. The molecule has 0 atom stereocenters. The summed E-state index contributed by atoms with van der Waals surface area (Å²) in [5, 5.41) is 0.331. The number of para-hydroxylation sites is 1. The van der Waals surface area contributed by atoms with Crippen molar-refractivity contribution in [1.82, 2.24) is 0 Å². The fourth-order valence-corrected chi connectivity index (χ4v) is 3.89. The zero-order valence-electron chi connectivity index (χ0n) is 19.7. The van der Waals surface area contributed by atoms with Gasteiger partial charge in [-0.15, -0.1) is 0 Å². The van der Waals surface area contributed by atoms with Gasteiger partial charge in [-0.2, -0.15) is 0 Å². The highest BCUT2D eigenvalue weighted by Crippen LogP contribution is 2.34. The third-order valence-electron chi connectivity index (χ3n) is 5.80. The summed E-state index contributed by atoms with van der Waals surface area (Å²) in [6.45, 7) is 6.44. The Balaban J connectivity index is 1.56. The summed E-state index contributed by atoms with van der Waals surface area (Å²) in [6, 6.07) is 26.5. The summed E-state index contributed by atoms with van der Waals surface area (Å²) in [6.07, 6.45) is 0. The first-order chi connectivity index (χ1) is 16.8. The van der Waals surface area contributed by atoms with E-state index in [2.05, 4.69) is 20.8 Å². The monoisotopic (exact) mass is 464 g/mol. The van der Waals surface area contributed by atoms with Crippen LogP contribution in [0.25, 0.3) is 22.5 Å². The Morgan fingerprint density at radius 3 is 2.17 bits per heavy atom. The van der Waals surface area contributed by atoms with Gasteiger partial charge in [0.05, 0.1) is 5.39 Å². The van der Waals surface area contributed by atoms with Crippen molar-refractivity contribution in [2.45, 2.75) is 26.2 Å². The molecule has 3 aromatic carbocycles. The van der Waals surface area contributed by atoms with E-state index in [9.17, 15) is 9.59 Å². The molecule has 5 heteroatoms. The van der Waals surface area contributed by atoms with E-state index in [-0.39, 0.29) is 28.4 Å². The van der Waals surface area contributed by atoms with Gasteiger partial charge in [0.2, 0.25) is 11.2 Å². The second-order valence-electron chi connectivity index (χ2n) is 9.32. The second-order valence-corrected chi connectivity index (χ2v) is 9.32. The number of hydrogen-bond donors (Lipinski definition) is 0. The van der Waals surface area contributed by atoms with Crippen LogP contribution in [-0.4, -0.2) is 5.78 Å². The molecule has 0 aliphatic heterocycles. The molecule has 0 bridgehead atoms. The summed E-state index contributed by atoms with van der Waals surface area (Å²) in [4.78, 5) is 26.8. The van der Waals surface area contributed by atoms with Crippen molar-refractivity contribution in [3.63, 3.8) is 0 Å². The van der Waals surface area contributed by atoms with Gasteiger partial charge in [0.15, 0.2) is 11.5 Å². The molecular weight excluding hydrogens is 440 g/mol. The first-order valence-corrected chi connectivity index (χ1v) is 11.4. The molecule has 0 aliphatic rings. The Morgan fingerprint density at radius 2 is 1.46 bits per heavy atom. The number of fused-ring (bicyclic) bond motifs is 1. The third kappa shape index (κ3) is 4.41. The van der Waals surface area contributed by atoms with E-state index in [1.54, 1.807) is 60.7 Å². The molecule has 174 valence electrons. The minimum Gasteiger partial charge on any atom is -0.452 e. The first kappa shape index (κ1) is 22.4. The fraction of sp³-hybridized carbons (Fsp3) is 0.133. The molecule has 5 aromatic rings. The molecule has 2 aromatic heterocycles. The van der Waals surface area contributed by atoms with Crippen LogP contribution >= 0.6 is 0 Å². The molecule has 2 heterocycles. The van der Waals surface area contributed by atoms with Gasteiger partial charge < -0.3 is 13.6 Å². The van der Waals surface area contributed by atoms with Crippen LogP contribution < -0.4 is 10.2 Å². The van der Waals surface area contributed by atoms with Crippen molar-refractivity contribution in [3.05, 3.63) is 118 Å². The molecule has 5 rings (SSSR count). The van der Waals surface area contributed by atoms with Gasteiger partial charge in [0.25, 0.3) is 5.95 Å². The van der Waals surface area contributed by atoms with E-state index in [0.29, 0.717) is 22.3 Å². The van der Waals surface area contributed by atoms with Crippen molar-refractivity contribution < 1.29 is 18.4 Å². The van der Waals surface area contributed by atoms with Gasteiger partial charge in [-0.05, 0) is 41.3 Å².